The SMILES string of the molecule is CCCC1(C)C(C(=O)COC(=O)Nc2cccc(-c3noc(C)n3)c2)CCC1C1CCC2=CC(=O)C=CC2(C)C1. The zero-order valence-electron chi connectivity index (χ0n) is 23.9. The van der Waals surface area contributed by atoms with Gasteiger partial charge in [-0.1, -0.05) is 56.1 Å². The van der Waals surface area contributed by atoms with E-state index in [1.807, 2.05) is 12.1 Å². The molecule has 1 aromatic carbocycles. The number of Topliss-reactive ketones (excluding diaryl/α,β-unsaturated/α-hetero) is 1. The first kappa shape index (κ1) is 28.0. The van der Waals surface area contributed by atoms with E-state index in [9.17, 15) is 14.4 Å². The summed E-state index contributed by atoms with van der Waals surface area (Å²) in [7, 11) is 0. The van der Waals surface area contributed by atoms with Crippen LogP contribution in [-0.2, 0) is 14.3 Å². The van der Waals surface area contributed by atoms with Crippen LogP contribution in [-0.4, -0.2) is 34.4 Å². The summed E-state index contributed by atoms with van der Waals surface area (Å²) in [5.41, 5.74) is 2.25. The van der Waals surface area contributed by atoms with E-state index in [0.717, 1.165) is 44.9 Å². The van der Waals surface area contributed by atoms with Crippen LogP contribution in [0.1, 0.15) is 71.6 Å². The Balaban J connectivity index is 1.21. The summed E-state index contributed by atoms with van der Waals surface area (Å²) in [5.74, 6) is 1.76. The van der Waals surface area contributed by atoms with Gasteiger partial charge in [0.2, 0.25) is 11.7 Å². The molecule has 2 fully saturated rings. The van der Waals surface area contributed by atoms with Crippen LogP contribution in [0.25, 0.3) is 11.4 Å². The number of anilines is 1. The van der Waals surface area contributed by atoms with E-state index < -0.39 is 6.09 Å². The van der Waals surface area contributed by atoms with Crippen molar-refractivity contribution < 1.29 is 23.6 Å². The van der Waals surface area contributed by atoms with Gasteiger partial charge in [0.15, 0.2) is 18.2 Å². The number of hydrogen-bond donors (Lipinski definition) is 1. The van der Waals surface area contributed by atoms with E-state index in [4.69, 9.17) is 9.26 Å². The molecule has 8 nitrogen and oxygen atoms in total. The molecule has 0 aliphatic heterocycles. The minimum Gasteiger partial charge on any atom is -0.441 e. The molecule has 1 heterocycles. The summed E-state index contributed by atoms with van der Waals surface area (Å²) in [6, 6.07) is 7.07. The quantitative estimate of drug-likeness (QED) is 0.385. The highest BCUT2D eigenvalue weighted by atomic mass is 16.6. The lowest BCUT2D eigenvalue weighted by atomic mass is 9.57. The molecule has 3 aliphatic carbocycles. The number of fused-ring (bicyclic) bond motifs is 1. The van der Waals surface area contributed by atoms with Crippen LogP contribution in [0, 0.1) is 35.5 Å². The lowest BCUT2D eigenvalue weighted by Gasteiger charge is -2.47. The average molecular weight is 546 g/mol. The highest BCUT2D eigenvalue weighted by Crippen LogP contribution is 2.59. The summed E-state index contributed by atoms with van der Waals surface area (Å²) in [4.78, 5) is 42.3. The van der Waals surface area contributed by atoms with Crippen LogP contribution in [0.15, 0.2) is 52.6 Å². The number of ketones is 2. The highest BCUT2D eigenvalue weighted by Gasteiger charge is 2.53. The molecule has 1 aromatic heterocycles. The average Bonchev–Trinajstić information content (AvgIpc) is 3.51. The van der Waals surface area contributed by atoms with Crippen molar-refractivity contribution in [1.82, 2.24) is 10.1 Å². The Bertz CT molecular complexity index is 1360. The van der Waals surface area contributed by atoms with Crippen LogP contribution in [0.5, 0.6) is 0 Å². The summed E-state index contributed by atoms with van der Waals surface area (Å²) < 4.78 is 10.5. The van der Waals surface area contributed by atoms with Crippen molar-refractivity contribution in [1.29, 1.82) is 0 Å². The van der Waals surface area contributed by atoms with Crippen molar-refractivity contribution >= 4 is 23.3 Å². The summed E-state index contributed by atoms with van der Waals surface area (Å²) in [5, 5.41) is 6.62. The number of allylic oxidation sites excluding steroid dienone is 4. The Hall–Kier alpha value is -3.55. The third kappa shape index (κ3) is 5.54. The van der Waals surface area contributed by atoms with Crippen molar-refractivity contribution in [2.45, 2.75) is 72.6 Å². The molecule has 2 aromatic rings. The fourth-order valence-corrected chi connectivity index (χ4v) is 7.65. The Morgan fingerprint density at radius 3 is 2.77 bits per heavy atom. The van der Waals surface area contributed by atoms with Crippen LogP contribution in [0.2, 0.25) is 0 Å². The molecule has 2 saturated carbocycles. The molecule has 1 N–H and O–H groups in total. The van der Waals surface area contributed by atoms with Crippen molar-refractivity contribution in [3.8, 4) is 11.4 Å². The number of ether oxygens (including phenoxy) is 1. The highest BCUT2D eigenvalue weighted by molar-refractivity contribution is 6.01. The van der Waals surface area contributed by atoms with Crippen LogP contribution in [0.3, 0.4) is 0 Å². The minimum absolute atomic E-state index is 0.00427. The lowest BCUT2D eigenvalue weighted by molar-refractivity contribution is -0.130. The Labute approximate surface area is 235 Å². The van der Waals surface area contributed by atoms with E-state index >= 15 is 0 Å². The van der Waals surface area contributed by atoms with E-state index in [0.29, 0.717) is 34.8 Å². The monoisotopic (exact) mass is 545 g/mol. The number of aromatic nitrogens is 2. The number of carbonyl (C=O) groups is 3. The molecular weight excluding hydrogens is 506 g/mol. The van der Waals surface area contributed by atoms with Crippen LogP contribution >= 0.6 is 0 Å². The summed E-state index contributed by atoms with van der Waals surface area (Å²) in [6.45, 7) is 8.16. The van der Waals surface area contributed by atoms with Gasteiger partial charge in [0, 0.05) is 29.5 Å². The normalized spacial score (nSPS) is 29.6. The predicted molar refractivity (Wildman–Crippen MR) is 151 cm³/mol. The largest absolute Gasteiger partial charge is 0.441 e. The Morgan fingerprint density at radius 1 is 1.20 bits per heavy atom. The molecule has 0 bridgehead atoms. The number of aryl methyl sites for hydroxylation is 1. The summed E-state index contributed by atoms with van der Waals surface area (Å²) in [6.07, 6.45) is 11.7. The number of nitrogens with zero attached hydrogens (tertiary/aromatic N) is 2. The molecule has 5 unspecified atom stereocenters. The molecular formula is C32H39N3O5. The van der Waals surface area contributed by atoms with Gasteiger partial charge < -0.3 is 9.26 Å². The zero-order valence-corrected chi connectivity index (χ0v) is 23.9. The van der Waals surface area contributed by atoms with E-state index in [2.05, 4.69) is 42.3 Å². The summed E-state index contributed by atoms with van der Waals surface area (Å²) >= 11 is 0. The van der Waals surface area contributed by atoms with Gasteiger partial charge in [0.25, 0.3) is 0 Å². The number of rotatable bonds is 8. The zero-order chi connectivity index (χ0) is 28.5. The molecule has 1 amide bonds. The van der Waals surface area contributed by atoms with Gasteiger partial charge in [-0.15, -0.1) is 0 Å². The van der Waals surface area contributed by atoms with Crippen LogP contribution < -0.4 is 5.32 Å². The van der Waals surface area contributed by atoms with Gasteiger partial charge in [-0.3, -0.25) is 14.9 Å². The molecule has 5 atom stereocenters. The van der Waals surface area contributed by atoms with Gasteiger partial charge in [-0.2, -0.15) is 4.98 Å². The number of hydrogen-bond acceptors (Lipinski definition) is 7. The number of carbonyl (C=O) groups excluding carboxylic acids is 3. The van der Waals surface area contributed by atoms with E-state index in [1.54, 1.807) is 31.2 Å². The standard InChI is InChI=1S/C32H39N3O5/c1-5-14-32(4)26(22-9-10-23-17-25(36)13-15-31(23,3)18-22)11-12-27(32)28(37)19-39-30(38)34-24-8-6-7-21(16-24)29-33-20(2)40-35-29/h6-8,13,15-17,22,26-27H,5,9-12,14,18-19H2,1-4H3,(H,34,38). The maximum atomic E-state index is 13.5. The van der Waals surface area contributed by atoms with Crippen LogP contribution in [0.4, 0.5) is 10.5 Å². The predicted octanol–water partition coefficient (Wildman–Crippen LogP) is 6.87. The number of nitrogens with one attached hydrogen (secondary N) is 1. The third-order valence-electron chi connectivity index (χ3n) is 9.53. The van der Waals surface area contributed by atoms with Gasteiger partial charge in [0.05, 0.1) is 0 Å². The second-order valence-corrected chi connectivity index (χ2v) is 12.2. The van der Waals surface area contributed by atoms with Crippen molar-refractivity contribution in [3.05, 3.63) is 54.0 Å². The topological polar surface area (TPSA) is 111 Å². The van der Waals surface area contributed by atoms with Gasteiger partial charge >= 0.3 is 6.09 Å². The maximum Gasteiger partial charge on any atom is 0.412 e. The van der Waals surface area contributed by atoms with Gasteiger partial charge in [0.1, 0.15) is 0 Å². The smallest absolute Gasteiger partial charge is 0.412 e. The second kappa shape index (κ2) is 11.1. The molecule has 0 spiro atoms. The van der Waals surface area contributed by atoms with Crippen molar-refractivity contribution in [2.75, 3.05) is 11.9 Å². The lowest BCUT2D eigenvalue weighted by Crippen LogP contribution is -2.41. The fraction of sp³-hybridized carbons (Fsp3) is 0.531. The van der Waals surface area contributed by atoms with Gasteiger partial charge in [-0.25, -0.2) is 4.79 Å². The fourth-order valence-electron chi connectivity index (χ4n) is 7.65. The van der Waals surface area contributed by atoms with E-state index in [-0.39, 0.29) is 34.9 Å². The van der Waals surface area contributed by atoms with Gasteiger partial charge in [-0.05, 0) is 80.1 Å². The second-order valence-electron chi connectivity index (χ2n) is 12.2. The van der Waals surface area contributed by atoms with E-state index in [1.165, 1.54) is 5.57 Å². The number of amides is 1. The number of benzene rings is 1. The van der Waals surface area contributed by atoms with Crippen molar-refractivity contribution in [2.24, 2.45) is 28.6 Å². The first-order valence-corrected chi connectivity index (χ1v) is 14.4. The van der Waals surface area contributed by atoms with Crippen molar-refractivity contribution in [3.63, 3.8) is 0 Å². The molecule has 0 radical (unpaired) electrons. The maximum absolute atomic E-state index is 13.5. The molecule has 5 rings (SSSR count). The Morgan fingerprint density at radius 2 is 2.02 bits per heavy atom. The molecule has 212 valence electrons. The molecule has 3 aliphatic rings. The minimum atomic E-state index is -0.667. The Kier molecular flexibility index (Phi) is 7.80. The molecule has 0 saturated heterocycles. The molecule has 40 heavy (non-hydrogen) atoms. The first-order valence-electron chi connectivity index (χ1n) is 14.4. The first-order chi connectivity index (χ1) is 19.1. The molecule has 8 heteroatoms. The third-order valence-corrected chi connectivity index (χ3v) is 9.53.